The summed E-state index contributed by atoms with van der Waals surface area (Å²) in [5.41, 5.74) is 9.00. The van der Waals surface area contributed by atoms with Crippen molar-refractivity contribution in [2.24, 2.45) is 0 Å². The Morgan fingerprint density at radius 3 is 2.40 bits per heavy atom. The van der Waals surface area contributed by atoms with E-state index < -0.39 is 0 Å². The van der Waals surface area contributed by atoms with Gasteiger partial charge in [-0.2, -0.15) is 5.10 Å². The van der Waals surface area contributed by atoms with Crippen molar-refractivity contribution in [3.8, 4) is 11.5 Å². The minimum Gasteiger partial charge on any atom is -0.378 e. The molecule has 3 aromatic carbocycles. The van der Waals surface area contributed by atoms with Crippen LogP contribution in [-0.2, 0) is 6.54 Å². The normalized spacial score (nSPS) is 14.3. The van der Waals surface area contributed by atoms with Gasteiger partial charge in [-0.15, -0.1) is 0 Å². The Hall–Kier alpha value is -4.78. The number of urea groups is 1. The monoisotopic (exact) mass is 530 g/mol. The van der Waals surface area contributed by atoms with Gasteiger partial charge in [0.1, 0.15) is 5.82 Å². The number of nitrogens with zero attached hydrogens (tertiary/aromatic N) is 5. The van der Waals surface area contributed by atoms with Crippen LogP contribution in [0.25, 0.3) is 11.5 Å². The van der Waals surface area contributed by atoms with E-state index in [-0.39, 0.29) is 12.1 Å². The number of amides is 2. The van der Waals surface area contributed by atoms with E-state index >= 15 is 0 Å². The van der Waals surface area contributed by atoms with E-state index in [0.29, 0.717) is 6.54 Å². The molecule has 1 aliphatic heterocycles. The SMILES string of the molecule is Cc1ccc(C)c(NC(=O)N2Cc3c(C)nn(-c4ccccc4)c3-n3cccc3C2c2ccc(N(C)C)cc2)c1. The van der Waals surface area contributed by atoms with E-state index in [1.54, 1.807) is 0 Å². The number of aromatic nitrogens is 3. The molecule has 1 atom stereocenters. The molecule has 40 heavy (non-hydrogen) atoms. The number of carbonyl (C=O) groups is 1. The van der Waals surface area contributed by atoms with Gasteiger partial charge >= 0.3 is 6.03 Å². The van der Waals surface area contributed by atoms with Crippen LogP contribution in [0.3, 0.4) is 0 Å². The number of hydrogen-bond donors (Lipinski definition) is 1. The molecule has 0 aliphatic carbocycles. The van der Waals surface area contributed by atoms with E-state index in [2.05, 4.69) is 69.5 Å². The van der Waals surface area contributed by atoms with Crippen molar-refractivity contribution in [2.75, 3.05) is 24.3 Å². The summed E-state index contributed by atoms with van der Waals surface area (Å²) in [7, 11) is 4.06. The molecule has 2 amide bonds. The van der Waals surface area contributed by atoms with Crippen LogP contribution in [0.15, 0.2) is 91.1 Å². The van der Waals surface area contributed by atoms with Gasteiger partial charge in [0, 0.05) is 37.2 Å². The Kier molecular flexibility index (Phi) is 6.42. The van der Waals surface area contributed by atoms with Crippen LogP contribution in [0, 0.1) is 20.8 Å². The maximum absolute atomic E-state index is 14.2. The Morgan fingerprint density at radius 2 is 1.68 bits per heavy atom. The number of para-hydroxylation sites is 1. The molecule has 7 heteroatoms. The lowest BCUT2D eigenvalue weighted by Crippen LogP contribution is -2.38. The fourth-order valence-electron chi connectivity index (χ4n) is 5.51. The topological polar surface area (TPSA) is 58.3 Å². The number of benzene rings is 3. The fourth-order valence-corrected chi connectivity index (χ4v) is 5.51. The summed E-state index contributed by atoms with van der Waals surface area (Å²) in [5.74, 6) is 0.959. The Labute approximate surface area is 235 Å². The molecule has 1 N–H and O–H groups in total. The standard InChI is InChI=1S/C33H34N6O/c1-22-13-14-23(2)29(20-22)34-33(40)38-21-28-24(3)35-39(27-10-7-6-8-11-27)32(28)37-19-9-12-30(37)31(38)25-15-17-26(18-16-25)36(4)5/h6-20,31H,21H2,1-5H3,(H,34,40). The van der Waals surface area contributed by atoms with Crippen LogP contribution < -0.4 is 10.2 Å². The van der Waals surface area contributed by atoms with Gasteiger partial charge in [-0.1, -0.05) is 42.5 Å². The maximum Gasteiger partial charge on any atom is 0.322 e. The van der Waals surface area contributed by atoms with Crippen LogP contribution in [-0.4, -0.2) is 39.4 Å². The summed E-state index contributed by atoms with van der Waals surface area (Å²) in [6.07, 6.45) is 2.07. The second-order valence-corrected chi connectivity index (χ2v) is 10.7. The molecule has 5 aromatic rings. The second kappa shape index (κ2) is 10.1. The second-order valence-electron chi connectivity index (χ2n) is 10.7. The van der Waals surface area contributed by atoms with E-state index in [1.165, 1.54) is 0 Å². The number of nitrogens with one attached hydrogen (secondary N) is 1. The summed E-state index contributed by atoms with van der Waals surface area (Å²) in [4.78, 5) is 18.3. The quantitative estimate of drug-likeness (QED) is 0.278. The highest BCUT2D eigenvalue weighted by Gasteiger charge is 2.36. The van der Waals surface area contributed by atoms with Gasteiger partial charge < -0.3 is 19.7 Å². The zero-order valence-electron chi connectivity index (χ0n) is 23.6. The average molecular weight is 531 g/mol. The third-order valence-electron chi connectivity index (χ3n) is 7.71. The highest BCUT2D eigenvalue weighted by atomic mass is 16.2. The van der Waals surface area contributed by atoms with Gasteiger partial charge in [-0.05, 0) is 79.9 Å². The summed E-state index contributed by atoms with van der Waals surface area (Å²) in [6.45, 7) is 6.49. The third kappa shape index (κ3) is 4.43. The lowest BCUT2D eigenvalue weighted by Gasteiger charge is -2.31. The third-order valence-corrected chi connectivity index (χ3v) is 7.71. The number of fused-ring (bicyclic) bond motifs is 3. The van der Waals surface area contributed by atoms with Crippen molar-refractivity contribution < 1.29 is 4.79 Å². The molecule has 3 heterocycles. The summed E-state index contributed by atoms with van der Waals surface area (Å²) in [5, 5.41) is 8.18. The Balaban J connectivity index is 1.53. The number of hydrogen-bond acceptors (Lipinski definition) is 3. The van der Waals surface area contributed by atoms with Crippen molar-refractivity contribution in [1.82, 2.24) is 19.2 Å². The Morgan fingerprint density at radius 1 is 0.925 bits per heavy atom. The molecule has 0 saturated heterocycles. The van der Waals surface area contributed by atoms with E-state index in [4.69, 9.17) is 5.10 Å². The molecule has 2 aromatic heterocycles. The lowest BCUT2D eigenvalue weighted by molar-refractivity contribution is 0.194. The van der Waals surface area contributed by atoms with E-state index in [1.807, 2.05) is 80.8 Å². The number of aryl methyl sites for hydroxylation is 3. The number of rotatable bonds is 4. The van der Waals surface area contributed by atoms with Crippen LogP contribution in [0.1, 0.15) is 39.7 Å². The number of anilines is 2. The first kappa shape index (κ1) is 25.5. The van der Waals surface area contributed by atoms with Gasteiger partial charge in [0.2, 0.25) is 0 Å². The van der Waals surface area contributed by atoms with Crippen LogP contribution in [0.5, 0.6) is 0 Å². The minimum absolute atomic E-state index is 0.150. The first-order valence-electron chi connectivity index (χ1n) is 13.6. The summed E-state index contributed by atoms with van der Waals surface area (Å²) >= 11 is 0. The smallest absolute Gasteiger partial charge is 0.322 e. The van der Waals surface area contributed by atoms with Crippen molar-refractivity contribution in [2.45, 2.75) is 33.4 Å². The molecule has 0 bridgehead atoms. The van der Waals surface area contributed by atoms with Gasteiger partial charge in [-0.25, -0.2) is 9.48 Å². The van der Waals surface area contributed by atoms with Gasteiger partial charge in [-0.3, -0.25) is 0 Å². The zero-order valence-corrected chi connectivity index (χ0v) is 23.6. The Bertz CT molecular complexity index is 1680. The minimum atomic E-state index is -0.313. The highest BCUT2D eigenvalue weighted by molar-refractivity contribution is 5.91. The van der Waals surface area contributed by atoms with Crippen LogP contribution in [0.2, 0.25) is 0 Å². The largest absolute Gasteiger partial charge is 0.378 e. The van der Waals surface area contributed by atoms with E-state index in [9.17, 15) is 4.79 Å². The molecule has 6 rings (SSSR count). The van der Waals surface area contributed by atoms with Gasteiger partial charge in [0.15, 0.2) is 0 Å². The van der Waals surface area contributed by atoms with Gasteiger partial charge in [0.05, 0.1) is 29.7 Å². The van der Waals surface area contributed by atoms with Crippen molar-refractivity contribution in [3.05, 3.63) is 125 Å². The molecule has 1 unspecified atom stereocenters. The molecule has 0 saturated carbocycles. The first-order valence-corrected chi connectivity index (χ1v) is 13.6. The molecule has 202 valence electrons. The molecular formula is C33H34N6O. The average Bonchev–Trinajstić information content (AvgIpc) is 3.51. The summed E-state index contributed by atoms with van der Waals surface area (Å²) in [6, 6.07) is 28.5. The zero-order chi connectivity index (χ0) is 28.0. The molecule has 7 nitrogen and oxygen atoms in total. The van der Waals surface area contributed by atoms with Crippen LogP contribution in [0.4, 0.5) is 16.2 Å². The predicted octanol–water partition coefficient (Wildman–Crippen LogP) is 6.79. The van der Waals surface area contributed by atoms with E-state index in [0.717, 1.165) is 56.5 Å². The lowest BCUT2D eigenvalue weighted by atomic mass is 10.0. The molecular weight excluding hydrogens is 496 g/mol. The van der Waals surface area contributed by atoms with Crippen molar-refractivity contribution in [3.63, 3.8) is 0 Å². The summed E-state index contributed by atoms with van der Waals surface area (Å²) < 4.78 is 4.19. The predicted molar refractivity (Wildman–Crippen MR) is 161 cm³/mol. The van der Waals surface area contributed by atoms with Crippen LogP contribution >= 0.6 is 0 Å². The van der Waals surface area contributed by atoms with Crippen molar-refractivity contribution in [1.29, 1.82) is 0 Å². The van der Waals surface area contributed by atoms with Crippen molar-refractivity contribution >= 4 is 17.4 Å². The highest BCUT2D eigenvalue weighted by Crippen LogP contribution is 2.39. The first-order chi connectivity index (χ1) is 19.3. The molecule has 0 radical (unpaired) electrons. The maximum atomic E-state index is 14.2. The molecule has 1 aliphatic rings. The fraction of sp³-hybridized carbons (Fsp3) is 0.212. The molecule has 0 fully saturated rings. The van der Waals surface area contributed by atoms with Gasteiger partial charge in [0.25, 0.3) is 0 Å². The molecule has 0 spiro atoms. The number of carbonyl (C=O) groups excluding carboxylic acids is 1.